The van der Waals surface area contributed by atoms with E-state index in [-0.39, 0.29) is 5.41 Å². The van der Waals surface area contributed by atoms with Crippen LogP contribution in [0.2, 0.25) is 0 Å². The molecule has 1 unspecified atom stereocenters. The molecule has 3 aliphatic rings. The second-order valence-corrected chi connectivity index (χ2v) is 10.9. The standard InChI is InChI=1S/C26H40O2/c1-8-17-16-19(27-6)23(28-7)18-10-11-21-25(4)14-9-13-24(2,3)20(25)12-15-26(21,5)22(17)18/h16,20-21H,8-15H2,1-7H3/t20?,21-,25+,26-/m1/s1. The Labute approximate surface area is 172 Å². The fourth-order valence-corrected chi connectivity index (χ4v) is 8.24. The van der Waals surface area contributed by atoms with Gasteiger partial charge in [0.05, 0.1) is 14.2 Å². The minimum atomic E-state index is 0.261. The van der Waals surface area contributed by atoms with E-state index in [1.807, 2.05) is 0 Å². The summed E-state index contributed by atoms with van der Waals surface area (Å²) in [5.74, 6) is 3.54. The second kappa shape index (κ2) is 6.67. The van der Waals surface area contributed by atoms with Crippen molar-refractivity contribution in [2.24, 2.45) is 22.7 Å². The van der Waals surface area contributed by atoms with Crippen LogP contribution >= 0.6 is 0 Å². The SMILES string of the molecule is CCc1cc(OC)c(OC)c2c1[C@]1(C)CCC3C(C)(C)CCC[C@]3(C)[C@H]1CC2. The van der Waals surface area contributed by atoms with Gasteiger partial charge in [-0.15, -0.1) is 0 Å². The maximum absolute atomic E-state index is 5.90. The Morgan fingerprint density at radius 2 is 1.71 bits per heavy atom. The zero-order chi connectivity index (χ0) is 20.3. The molecule has 0 radical (unpaired) electrons. The molecule has 0 spiro atoms. The van der Waals surface area contributed by atoms with Crippen molar-refractivity contribution in [1.29, 1.82) is 0 Å². The fourth-order valence-electron chi connectivity index (χ4n) is 8.24. The van der Waals surface area contributed by atoms with Crippen LogP contribution in [-0.4, -0.2) is 14.2 Å². The third kappa shape index (κ3) is 2.58. The summed E-state index contributed by atoms with van der Waals surface area (Å²) in [5.41, 5.74) is 5.75. The largest absolute Gasteiger partial charge is 0.493 e. The lowest BCUT2D eigenvalue weighted by atomic mass is 9.40. The zero-order valence-corrected chi connectivity index (χ0v) is 19.2. The molecular formula is C26H40O2. The Morgan fingerprint density at radius 1 is 0.964 bits per heavy atom. The highest BCUT2D eigenvalue weighted by molar-refractivity contribution is 5.58. The third-order valence-electron chi connectivity index (χ3n) is 9.28. The molecule has 156 valence electrons. The molecule has 28 heavy (non-hydrogen) atoms. The smallest absolute Gasteiger partial charge is 0.164 e. The molecule has 0 saturated heterocycles. The minimum absolute atomic E-state index is 0.261. The van der Waals surface area contributed by atoms with E-state index in [0.717, 1.165) is 36.2 Å². The quantitative estimate of drug-likeness (QED) is 0.576. The average Bonchev–Trinajstić information content (AvgIpc) is 2.65. The molecule has 0 aromatic heterocycles. The molecule has 3 aliphatic carbocycles. The van der Waals surface area contributed by atoms with Crippen LogP contribution in [0.25, 0.3) is 0 Å². The van der Waals surface area contributed by atoms with Crippen LogP contribution in [0, 0.1) is 22.7 Å². The van der Waals surface area contributed by atoms with E-state index < -0.39 is 0 Å². The van der Waals surface area contributed by atoms with Crippen molar-refractivity contribution in [3.05, 3.63) is 22.8 Å². The number of ether oxygens (including phenoxy) is 2. The summed E-state index contributed by atoms with van der Waals surface area (Å²) >= 11 is 0. The van der Waals surface area contributed by atoms with Crippen LogP contribution in [0.5, 0.6) is 11.5 Å². The van der Waals surface area contributed by atoms with Gasteiger partial charge in [0.15, 0.2) is 11.5 Å². The summed E-state index contributed by atoms with van der Waals surface area (Å²) < 4.78 is 11.6. The molecule has 2 nitrogen and oxygen atoms in total. The van der Waals surface area contributed by atoms with Crippen molar-refractivity contribution in [2.75, 3.05) is 14.2 Å². The van der Waals surface area contributed by atoms with Crippen LogP contribution in [0.1, 0.15) is 89.8 Å². The minimum Gasteiger partial charge on any atom is -0.493 e. The second-order valence-electron chi connectivity index (χ2n) is 10.9. The zero-order valence-electron chi connectivity index (χ0n) is 19.2. The Morgan fingerprint density at radius 3 is 2.36 bits per heavy atom. The van der Waals surface area contributed by atoms with Crippen LogP contribution in [0.15, 0.2) is 6.07 Å². The van der Waals surface area contributed by atoms with Crippen LogP contribution < -0.4 is 9.47 Å². The van der Waals surface area contributed by atoms with Gasteiger partial charge in [-0.2, -0.15) is 0 Å². The number of aryl methyl sites for hydroxylation is 1. The predicted molar refractivity (Wildman–Crippen MR) is 117 cm³/mol. The molecular weight excluding hydrogens is 344 g/mol. The summed E-state index contributed by atoms with van der Waals surface area (Å²) in [7, 11) is 3.58. The van der Waals surface area contributed by atoms with Gasteiger partial charge in [-0.05, 0) is 90.2 Å². The lowest BCUT2D eigenvalue weighted by molar-refractivity contribution is -0.110. The molecule has 2 heteroatoms. The number of hydrogen-bond acceptors (Lipinski definition) is 2. The van der Waals surface area contributed by atoms with Crippen molar-refractivity contribution in [3.63, 3.8) is 0 Å². The Kier molecular flexibility index (Phi) is 4.79. The van der Waals surface area contributed by atoms with Crippen LogP contribution in [-0.2, 0) is 18.3 Å². The third-order valence-corrected chi connectivity index (χ3v) is 9.28. The normalized spacial score (nSPS) is 36.1. The molecule has 2 saturated carbocycles. The summed E-state index contributed by atoms with van der Waals surface area (Å²) in [6.45, 7) is 12.6. The van der Waals surface area contributed by atoms with Crippen molar-refractivity contribution in [2.45, 2.75) is 91.4 Å². The van der Waals surface area contributed by atoms with Crippen molar-refractivity contribution >= 4 is 0 Å². The summed E-state index contributed by atoms with van der Waals surface area (Å²) in [6, 6.07) is 2.27. The van der Waals surface area contributed by atoms with E-state index in [9.17, 15) is 0 Å². The number of benzene rings is 1. The van der Waals surface area contributed by atoms with E-state index in [1.54, 1.807) is 19.8 Å². The molecule has 2 fully saturated rings. The molecule has 0 heterocycles. The van der Waals surface area contributed by atoms with Gasteiger partial charge in [0.2, 0.25) is 0 Å². The van der Waals surface area contributed by atoms with Crippen LogP contribution in [0.4, 0.5) is 0 Å². The first-order chi connectivity index (χ1) is 13.2. The molecule has 0 N–H and O–H groups in total. The number of rotatable bonds is 3. The highest BCUT2D eigenvalue weighted by Gasteiger charge is 2.60. The van der Waals surface area contributed by atoms with Gasteiger partial charge in [0.25, 0.3) is 0 Å². The molecule has 0 bridgehead atoms. The highest BCUT2D eigenvalue weighted by Crippen LogP contribution is 2.67. The van der Waals surface area contributed by atoms with Crippen LogP contribution in [0.3, 0.4) is 0 Å². The Hall–Kier alpha value is -1.18. The van der Waals surface area contributed by atoms with Gasteiger partial charge in [-0.25, -0.2) is 0 Å². The van der Waals surface area contributed by atoms with E-state index >= 15 is 0 Å². The Bertz CT molecular complexity index is 764. The predicted octanol–water partition coefficient (Wildman–Crippen LogP) is 6.71. The van der Waals surface area contributed by atoms with E-state index in [1.165, 1.54) is 49.7 Å². The molecule has 4 rings (SSSR count). The summed E-state index contributed by atoms with van der Waals surface area (Å²) in [6.07, 6.45) is 10.4. The van der Waals surface area contributed by atoms with Gasteiger partial charge >= 0.3 is 0 Å². The number of hydrogen-bond donors (Lipinski definition) is 0. The van der Waals surface area contributed by atoms with E-state index in [2.05, 4.69) is 40.7 Å². The maximum Gasteiger partial charge on any atom is 0.164 e. The summed E-state index contributed by atoms with van der Waals surface area (Å²) in [4.78, 5) is 0. The van der Waals surface area contributed by atoms with Gasteiger partial charge in [0.1, 0.15) is 0 Å². The van der Waals surface area contributed by atoms with Crippen molar-refractivity contribution < 1.29 is 9.47 Å². The van der Waals surface area contributed by atoms with Gasteiger partial charge in [-0.1, -0.05) is 41.0 Å². The van der Waals surface area contributed by atoms with Crippen molar-refractivity contribution in [3.8, 4) is 11.5 Å². The lowest BCUT2D eigenvalue weighted by Crippen LogP contribution is -2.57. The molecule has 0 amide bonds. The molecule has 1 aromatic carbocycles. The van der Waals surface area contributed by atoms with Crippen molar-refractivity contribution in [1.82, 2.24) is 0 Å². The Balaban J connectivity index is 1.88. The highest BCUT2D eigenvalue weighted by atomic mass is 16.5. The maximum atomic E-state index is 5.90. The first-order valence-corrected chi connectivity index (χ1v) is 11.5. The molecule has 4 atom stereocenters. The van der Waals surface area contributed by atoms with Gasteiger partial charge in [-0.3, -0.25) is 0 Å². The molecule has 1 aromatic rings. The van der Waals surface area contributed by atoms with E-state index in [0.29, 0.717) is 10.8 Å². The van der Waals surface area contributed by atoms with E-state index in [4.69, 9.17) is 9.47 Å². The first-order valence-electron chi connectivity index (χ1n) is 11.5. The lowest BCUT2D eigenvalue weighted by Gasteiger charge is -2.64. The molecule has 0 aliphatic heterocycles. The number of methoxy groups -OCH3 is 2. The topological polar surface area (TPSA) is 18.5 Å². The monoisotopic (exact) mass is 384 g/mol. The first kappa shape index (κ1) is 20.1. The van der Waals surface area contributed by atoms with Gasteiger partial charge in [0, 0.05) is 5.56 Å². The number of fused-ring (bicyclic) bond motifs is 5. The van der Waals surface area contributed by atoms with Gasteiger partial charge < -0.3 is 9.47 Å². The fraction of sp³-hybridized carbons (Fsp3) is 0.769. The summed E-state index contributed by atoms with van der Waals surface area (Å²) in [5, 5.41) is 0. The average molecular weight is 385 g/mol.